The Kier molecular flexibility index (Phi) is 4.74. The summed E-state index contributed by atoms with van der Waals surface area (Å²) in [6.45, 7) is 2.34. The molecule has 1 atom stereocenters. The number of nitrogens with one attached hydrogen (secondary N) is 1. The van der Waals surface area contributed by atoms with Crippen LogP contribution < -0.4 is 15.8 Å². The van der Waals surface area contributed by atoms with Crippen LogP contribution in [0.5, 0.6) is 11.5 Å². The molecule has 2 aromatic carbocycles. The van der Waals surface area contributed by atoms with Gasteiger partial charge in [0.25, 0.3) is 0 Å². The molecular formula is C16H18N2O2. The minimum Gasteiger partial charge on any atom is -0.457 e. The third-order valence-electron chi connectivity index (χ3n) is 2.94. The largest absolute Gasteiger partial charge is 0.457 e. The number of benzene rings is 2. The Hall–Kier alpha value is -2.33. The molecule has 20 heavy (non-hydrogen) atoms. The summed E-state index contributed by atoms with van der Waals surface area (Å²) in [5.41, 5.74) is 6.26. The molecule has 0 aliphatic carbocycles. The second-order valence-electron chi connectivity index (χ2n) is 4.56. The maximum absolute atomic E-state index is 10.9. The second-order valence-corrected chi connectivity index (χ2v) is 4.56. The number of primary amides is 1. The van der Waals surface area contributed by atoms with Gasteiger partial charge in [0.1, 0.15) is 11.5 Å². The lowest BCUT2D eigenvalue weighted by Gasteiger charge is -2.10. The highest BCUT2D eigenvalue weighted by atomic mass is 16.5. The van der Waals surface area contributed by atoms with Gasteiger partial charge in [0.2, 0.25) is 5.91 Å². The Morgan fingerprint density at radius 2 is 1.70 bits per heavy atom. The number of para-hydroxylation sites is 1. The van der Waals surface area contributed by atoms with Crippen LogP contribution in [-0.4, -0.2) is 11.9 Å². The van der Waals surface area contributed by atoms with Crippen LogP contribution in [0.2, 0.25) is 0 Å². The van der Waals surface area contributed by atoms with E-state index in [2.05, 4.69) is 5.32 Å². The Morgan fingerprint density at radius 1 is 1.10 bits per heavy atom. The summed E-state index contributed by atoms with van der Waals surface area (Å²) in [4.78, 5) is 10.9. The van der Waals surface area contributed by atoms with Crippen molar-refractivity contribution in [3.8, 4) is 11.5 Å². The molecule has 104 valence electrons. The first-order valence-corrected chi connectivity index (χ1v) is 6.49. The molecule has 0 bridgehead atoms. The molecule has 1 unspecified atom stereocenters. The van der Waals surface area contributed by atoms with Crippen LogP contribution in [0.1, 0.15) is 12.5 Å². The standard InChI is InChI=1S/C16H18N2O2/c1-12(16(17)19)18-11-13-7-9-15(10-8-13)20-14-5-3-2-4-6-14/h2-10,12,18H,11H2,1H3,(H2,17,19). The van der Waals surface area contributed by atoms with E-state index in [1.54, 1.807) is 6.92 Å². The zero-order chi connectivity index (χ0) is 14.4. The van der Waals surface area contributed by atoms with Gasteiger partial charge in [-0.05, 0) is 36.8 Å². The summed E-state index contributed by atoms with van der Waals surface area (Å²) >= 11 is 0. The monoisotopic (exact) mass is 270 g/mol. The highest BCUT2D eigenvalue weighted by molar-refractivity contribution is 5.79. The summed E-state index contributed by atoms with van der Waals surface area (Å²) in [5, 5.41) is 3.05. The molecule has 0 fully saturated rings. The van der Waals surface area contributed by atoms with Gasteiger partial charge in [0, 0.05) is 6.54 Å². The van der Waals surface area contributed by atoms with Crippen molar-refractivity contribution in [3.05, 3.63) is 60.2 Å². The van der Waals surface area contributed by atoms with Crippen LogP contribution in [0.25, 0.3) is 0 Å². The van der Waals surface area contributed by atoms with Crippen LogP contribution >= 0.6 is 0 Å². The number of nitrogens with two attached hydrogens (primary N) is 1. The molecule has 0 spiro atoms. The predicted octanol–water partition coefficient (Wildman–Crippen LogP) is 2.44. The Balaban J connectivity index is 1.91. The van der Waals surface area contributed by atoms with Gasteiger partial charge in [0.05, 0.1) is 6.04 Å². The molecule has 3 N–H and O–H groups in total. The first-order valence-electron chi connectivity index (χ1n) is 6.49. The minimum atomic E-state index is -0.353. The topological polar surface area (TPSA) is 64.3 Å². The van der Waals surface area contributed by atoms with Crippen molar-refractivity contribution >= 4 is 5.91 Å². The van der Waals surface area contributed by atoms with Crippen LogP contribution in [0.4, 0.5) is 0 Å². The molecule has 0 aromatic heterocycles. The zero-order valence-electron chi connectivity index (χ0n) is 11.4. The van der Waals surface area contributed by atoms with Gasteiger partial charge in [-0.15, -0.1) is 0 Å². The fourth-order valence-electron chi connectivity index (χ4n) is 1.67. The third-order valence-corrected chi connectivity index (χ3v) is 2.94. The van der Waals surface area contributed by atoms with E-state index in [1.807, 2.05) is 54.6 Å². The molecule has 2 rings (SSSR count). The number of hydrogen-bond acceptors (Lipinski definition) is 3. The number of hydrogen-bond donors (Lipinski definition) is 2. The van der Waals surface area contributed by atoms with Crippen molar-refractivity contribution in [1.29, 1.82) is 0 Å². The number of rotatable bonds is 6. The van der Waals surface area contributed by atoms with Crippen LogP contribution in [0, 0.1) is 0 Å². The first-order chi connectivity index (χ1) is 9.65. The summed E-state index contributed by atoms with van der Waals surface area (Å²) < 4.78 is 5.70. The number of amides is 1. The normalized spacial score (nSPS) is 11.8. The SMILES string of the molecule is CC(NCc1ccc(Oc2ccccc2)cc1)C(N)=O. The van der Waals surface area contributed by atoms with E-state index >= 15 is 0 Å². The fraction of sp³-hybridized carbons (Fsp3) is 0.188. The van der Waals surface area contributed by atoms with Crippen molar-refractivity contribution in [2.45, 2.75) is 19.5 Å². The van der Waals surface area contributed by atoms with Crippen molar-refractivity contribution in [3.63, 3.8) is 0 Å². The third kappa shape index (κ3) is 4.10. The number of ether oxygens (including phenoxy) is 1. The molecule has 0 saturated heterocycles. The average molecular weight is 270 g/mol. The molecule has 4 heteroatoms. The molecule has 0 saturated carbocycles. The van der Waals surface area contributed by atoms with Gasteiger partial charge in [-0.25, -0.2) is 0 Å². The maximum atomic E-state index is 10.9. The van der Waals surface area contributed by atoms with Gasteiger partial charge in [0.15, 0.2) is 0 Å². The quantitative estimate of drug-likeness (QED) is 0.847. The molecule has 0 heterocycles. The van der Waals surface area contributed by atoms with Gasteiger partial charge in [-0.1, -0.05) is 30.3 Å². The van der Waals surface area contributed by atoms with Gasteiger partial charge >= 0.3 is 0 Å². The second kappa shape index (κ2) is 6.73. The summed E-state index contributed by atoms with van der Waals surface area (Å²) in [6, 6.07) is 17.0. The highest BCUT2D eigenvalue weighted by Gasteiger charge is 2.06. The Bertz CT molecular complexity index is 552. The maximum Gasteiger partial charge on any atom is 0.234 e. The average Bonchev–Trinajstić information content (AvgIpc) is 2.47. The van der Waals surface area contributed by atoms with E-state index < -0.39 is 0 Å². The van der Waals surface area contributed by atoms with Crippen LogP contribution in [0.3, 0.4) is 0 Å². The van der Waals surface area contributed by atoms with E-state index in [-0.39, 0.29) is 11.9 Å². The van der Waals surface area contributed by atoms with Crippen LogP contribution in [0.15, 0.2) is 54.6 Å². The van der Waals surface area contributed by atoms with E-state index in [9.17, 15) is 4.79 Å². The van der Waals surface area contributed by atoms with Gasteiger partial charge in [-0.2, -0.15) is 0 Å². The van der Waals surface area contributed by atoms with E-state index in [0.29, 0.717) is 6.54 Å². The predicted molar refractivity (Wildman–Crippen MR) is 78.5 cm³/mol. The van der Waals surface area contributed by atoms with Crippen molar-refractivity contribution in [2.24, 2.45) is 5.73 Å². The first kappa shape index (κ1) is 14.1. The minimum absolute atomic E-state index is 0.338. The lowest BCUT2D eigenvalue weighted by Crippen LogP contribution is -2.38. The number of carbonyl (C=O) groups excluding carboxylic acids is 1. The van der Waals surface area contributed by atoms with Gasteiger partial charge < -0.3 is 15.8 Å². The van der Waals surface area contributed by atoms with E-state index in [4.69, 9.17) is 10.5 Å². The molecule has 0 aliphatic rings. The molecule has 0 radical (unpaired) electrons. The molecule has 2 aromatic rings. The van der Waals surface area contributed by atoms with Gasteiger partial charge in [-0.3, -0.25) is 4.79 Å². The molecular weight excluding hydrogens is 252 g/mol. The van der Waals surface area contributed by atoms with E-state index in [1.165, 1.54) is 0 Å². The zero-order valence-corrected chi connectivity index (χ0v) is 11.4. The smallest absolute Gasteiger partial charge is 0.234 e. The fourth-order valence-corrected chi connectivity index (χ4v) is 1.67. The van der Waals surface area contributed by atoms with Crippen molar-refractivity contribution < 1.29 is 9.53 Å². The van der Waals surface area contributed by atoms with Crippen molar-refractivity contribution in [2.75, 3.05) is 0 Å². The summed E-state index contributed by atoms with van der Waals surface area (Å²) in [5.74, 6) is 1.23. The summed E-state index contributed by atoms with van der Waals surface area (Å²) in [7, 11) is 0. The number of carbonyl (C=O) groups is 1. The lowest BCUT2D eigenvalue weighted by atomic mass is 10.2. The summed E-state index contributed by atoms with van der Waals surface area (Å²) in [6.07, 6.45) is 0. The van der Waals surface area contributed by atoms with Crippen LogP contribution in [-0.2, 0) is 11.3 Å². The Labute approximate surface area is 118 Å². The highest BCUT2D eigenvalue weighted by Crippen LogP contribution is 2.21. The van der Waals surface area contributed by atoms with Crippen molar-refractivity contribution in [1.82, 2.24) is 5.32 Å². The Morgan fingerprint density at radius 3 is 2.30 bits per heavy atom. The lowest BCUT2D eigenvalue weighted by molar-refractivity contribution is -0.119. The molecule has 1 amide bonds. The molecule has 4 nitrogen and oxygen atoms in total. The van der Waals surface area contributed by atoms with E-state index in [0.717, 1.165) is 17.1 Å². The molecule has 0 aliphatic heterocycles.